The number of allylic oxidation sites excluding steroid dienone is 4. The molecule has 0 heterocycles. The Morgan fingerprint density at radius 1 is 0.344 bits per heavy atom. The van der Waals surface area contributed by atoms with E-state index in [0.29, 0.717) is 25.7 Å². The van der Waals surface area contributed by atoms with Crippen molar-refractivity contribution in [1.82, 2.24) is 0 Å². The number of esters is 4. The van der Waals surface area contributed by atoms with Gasteiger partial charge < -0.3 is 33.8 Å². The lowest BCUT2D eigenvalue weighted by molar-refractivity contribution is -0.161. The number of ether oxygens (including phenoxy) is 4. The van der Waals surface area contributed by atoms with E-state index in [1.165, 1.54) is 141 Å². The molecule has 0 saturated carbocycles. The van der Waals surface area contributed by atoms with Gasteiger partial charge in [-0.25, -0.2) is 9.13 Å². The summed E-state index contributed by atoms with van der Waals surface area (Å²) in [5.74, 6) is -1.35. The summed E-state index contributed by atoms with van der Waals surface area (Å²) in [5, 5.41) is 10.5. The number of hydrogen-bond donors (Lipinski definition) is 3. The zero-order chi connectivity index (χ0) is 66.3. The third-order valence-electron chi connectivity index (χ3n) is 15.9. The molecule has 0 aliphatic rings. The monoisotopic (exact) mass is 1320 g/mol. The molecular weight excluding hydrogens is 1190 g/mol. The maximum atomic E-state index is 13.0. The first-order chi connectivity index (χ1) is 43.5. The minimum atomic E-state index is -4.96. The van der Waals surface area contributed by atoms with Gasteiger partial charge in [-0.05, 0) is 57.3 Å². The summed E-state index contributed by atoms with van der Waals surface area (Å²) in [5.41, 5.74) is 0. The van der Waals surface area contributed by atoms with Gasteiger partial charge in [-0.2, -0.15) is 0 Å². The number of aliphatic hydroxyl groups is 1. The summed E-state index contributed by atoms with van der Waals surface area (Å²) in [6.07, 6.45) is 54.1. The Balaban J connectivity index is 5.14. The Bertz CT molecular complexity index is 1830. The zero-order valence-electron chi connectivity index (χ0n) is 57.8. The standard InChI is InChI=1S/C71H134O17P2/c1-6-9-12-15-17-19-20-21-26-30-33-37-40-45-50-55-69(74)82-61-67(88-71(76)57-52-47-42-38-34-31-28-25-23-22-24-27-29-32-36-39-44-48-53-64(4)5)63-86-90(79,80)84-59-65(72)58-83-89(77,78)85-62-66(60-81-68(73)54-49-43-14-11-8-3)87-70(75)56-51-46-41-35-18-16-13-10-7-2/h19-21,26,64-67,72H,6-18,22-25,27-63H2,1-5H3,(H,77,78)(H,79,80)/b20-19-,26-21-/t65-,66+,67+/m0/s1. The van der Waals surface area contributed by atoms with E-state index in [1.54, 1.807) is 0 Å². The number of carbonyl (C=O) groups is 4. The number of rotatable bonds is 69. The molecule has 17 nitrogen and oxygen atoms in total. The Morgan fingerprint density at radius 3 is 0.911 bits per heavy atom. The van der Waals surface area contributed by atoms with E-state index in [2.05, 4.69) is 58.9 Å². The summed E-state index contributed by atoms with van der Waals surface area (Å²) in [6, 6.07) is 0. The maximum Gasteiger partial charge on any atom is 0.472 e. The lowest BCUT2D eigenvalue weighted by atomic mass is 10.0. The van der Waals surface area contributed by atoms with Gasteiger partial charge in [-0.1, -0.05) is 290 Å². The molecular formula is C71H134O17P2. The van der Waals surface area contributed by atoms with Crippen molar-refractivity contribution >= 4 is 39.5 Å². The third-order valence-corrected chi connectivity index (χ3v) is 17.8. The summed E-state index contributed by atoms with van der Waals surface area (Å²) >= 11 is 0. The second-order valence-corrected chi connectivity index (χ2v) is 28.3. The molecule has 0 aromatic carbocycles. The lowest BCUT2D eigenvalue weighted by Gasteiger charge is -2.21. The average molecular weight is 1320 g/mol. The van der Waals surface area contributed by atoms with Gasteiger partial charge >= 0.3 is 39.5 Å². The fraction of sp³-hybridized carbons (Fsp3) is 0.887. The highest BCUT2D eigenvalue weighted by molar-refractivity contribution is 7.47. The van der Waals surface area contributed by atoms with E-state index in [9.17, 15) is 43.2 Å². The van der Waals surface area contributed by atoms with Crippen LogP contribution in [0.15, 0.2) is 24.3 Å². The number of unbranched alkanes of at least 4 members (excludes halogenated alkanes) is 38. The van der Waals surface area contributed by atoms with Crippen molar-refractivity contribution < 1.29 is 80.2 Å². The molecule has 0 bridgehead atoms. The molecule has 0 fully saturated rings. The van der Waals surface area contributed by atoms with Crippen LogP contribution in [0.4, 0.5) is 0 Å². The summed E-state index contributed by atoms with van der Waals surface area (Å²) in [4.78, 5) is 72.2. The smallest absolute Gasteiger partial charge is 0.462 e. The molecule has 530 valence electrons. The number of phosphoric ester groups is 2. The van der Waals surface area contributed by atoms with Crippen LogP contribution in [0.2, 0.25) is 0 Å². The van der Waals surface area contributed by atoms with Crippen LogP contribution in [0.3, 0.4) is 0 Å². The summed E-state index contributed by atoms with van der Waals surface area (Å²) < 4.78 is 68.0. The van der Waals surface area contributed by atoms with Crippen LogP contribution >= 0.6 is 15.6 Å². The Labute approximate surface area is 548 Å². The number of phosphoric acid groups is 2. The van der Waals surface area contributed by atoms with Crippen molar-refractivity contribution in [3.8, 4) is 0 Å². The van der Waals surface area contributed by atoms with Gasteiger partial charge in [0.25, 0.3) is 0 Å². The van der Waals surface area contributed by atoms with Gasteiger partial charge in [0, 0.05) is 25.7 Å². The minimum Gasteiger partial charge on any atom is -0.462 e. The van der Waals surface area contributed by atoms with Crippen LogP contribution < -0.4 is 0 Å². The molecule has 3 N–H and O–H groups in total. The zero-order valence-corrected chi connectivity index (χ0v) is 59.5. The molecule has 0 spiro atoms. The van der Waals surface area contributed by atoms with Gasteiger partial charge in [0.15, 0.2) is 12.2 Å². The number of aliphatic hydroxyl groups excluding tert-OH is 1. The highest BCUT2D eigenvalue weighted by Crippen LogP contribution is 2.45. The Kier molecular flexibility index (Phi) is 62.2. The predicted octanol–water partition coefficient (Wildman–Crippen LogP) is 20.1. The van der Waals surface area contributed by atoms with Crippen LogP contribution in [0, 0.1) is 5.92 Å². The fourth-order valence-corrected chi connectivity index (χ4v) is 11.9. The second-order valence-electron chi connectivity index (χ2n) is 25.4. The van der Waals surface area contributed by atoms with Gasteiger partial charge in [-0.15, -0.1) is 0 Å². The van der Waals surface area contributed by atoms with Crippen molar-refractivity contribution in [3.05, 3.63) is 24.3 Å². The van der Waals surface area contributed by atoms with E-state index < -0.39 is 97.5 Å². The largest absolute Gasteiger partial charge is 0.472 e. The molecule has 0 aliphatic heterocycles. The van der Waals surface area contributed by atoms with Crippen LogP contribution in [-0.2, 0) is 65.4 Å². The second kappa shape index (κ2) is 63.9. The normalized spacial score (nSPS) is 14.2. The van der Waals surface area contributed by atoms with Crippen molar-refractivity contribution in [3.63, 3.8) is 0 Å². The average Bonchev–Trinajstić information content (AvgIpc) is 3.48. The number of hydrogen-bond acceptors (Lipinski definition) is 15. The molecule has 2 unspecified atom stereocenters. The van der Waals surface area contributed by atoms with Crippen LogP contribution in [0.25, 0.3) is 0 Å². The SMILES string of the molecule is CCCCCC/C=C\C=C/CCCCCCCC(=O)OC[C@H](COP(=O)(O)OC[C@@H](O)COP(=O)(O)OC[C@@H](COC(=O)CCCCCCC)OC(=O)CCCCCCCCCCC)OC(=O)CCCCCCCCCCCCCCCCCCCCC(C)C. The van der Waals surface area contributed by atoms with E-state index in [4.69, 9.17) is 37.0 Å². The first-order valence-corrected chi connectivity index (χ1v) is 39.4. The molecule has 0 aromatic rings. The van der Waals surface area contributed by atoms with Crippen LogP contribution in [0.1, 0.15) is 343 Å². The molecule has 0 aromatic heterocycles. The Hall–Kier alpha value is -2.46. The molecule has 0 rings (SSSR count). The number of carbonyl (C=O) groups excluding carboxylic acids is 4. The molecule has 19 heteroatoms. The molecule has 0 saturated heterocycles. The van der Waals surface area contributed by atoms with Crippen LogP contribution in [-0.4, -0.2) is 96.7 Å². The van der Waals surface area contributed by atoms with E-state index in [-0.39, 0.29) is 25.7 Å². The van der Waals surface area contributed by atoms with Gasteiger partial charge in [0.2, 0.25) is 0 Å². The maximum absolute atomic E-state index is 13.0. The van der Waals surface area contributed by atoms with Crippen LogP contribution in [0.5, 0.6) is 0 Å². The van der Waals surface area contributed by atoms with Crippen molar-refractivity contribution in [2.75, 3.05) is 39.6 Å². The molecule has 5 atom stereocenters. The van der Waals surface area contributed by atoms with Gasteiger partial charge in [0.05, 0.1) is 26.4 Å². The minimum absolute atomic E-state index is 0.101. The first kappa shape index (κ1) is 87.5. The highest BCUT2D eigenvalue weighted by atomic mass is 31.2. The van der Waals surface area contributed by atoms with Gasteiger partial charge in [0.1, 0.15) is 19.3 Å². The van der Waals surface area contributed by atoms with E-state index in [0.717, 1.165) is 121 Å². The molecule has 0 radical (unpaired) electrons. The highest BCUT2D eigenvalue weighted by Gasteiger charge is 2.30. The quantitative estimate of drug-likeness (QED) is 0.0169. The topological polar surface area (TPSA) is 237 Å². The van der Waals surface area contributed by atoms with Crippen molar-refractivity contribution in [1.29, 1.82) is 0 Å². The van der Waals surface area contributed by atoms with E-state index in [1.807, 2.05) is 0 Å². The lowest BCUT2D eigenvalue weighted by Crippen LogP contribution is -2.30. The predicted molar refractivity (Wildman–Crippen MR) is 363 cm³/mol. The molecule has 0 aliphatic carbocycles. The molecule has 90 heavy (non-hydrogen) atoms. The van der Waals surface area contributed by atoms with Gasteiger partial charge in [-0.3, -0.25) is 37.3 Å². The van der Waals surface area contributed by atoms with E-state index >= 15 is 0 Å². The van der Waals surface area contributed by atoms with Crippen molar-refractivity contribution in [2.45, 2.75) is 361 Å². The van der Waals surface area contributed by atoms with Crippen molar-refractivity contribution in [2.24, 2.45) is 5.92 Å². The third kappa shape index (κ3) is 64.3. The Morgan fingerprint density at radius 2 is 0.600 bits per heavy atom. The summed E-state index contributed by atoms with van der Waals surface area (Å²) in [7, 11) is -9.90. The first-order valence-electron chi connectivity index (χ1n) is 36.5. The summed E-state index contributed by atoms with van der Waals surface area (Å²) in [6.45, 7) is 7.11. The molecule has 0 amide bonds. The fourth-order valence-electron chi connectivity index (χ4n) is 10.3.